The summed E-state index contributed by atoms with van der Waals surface area (Å²) >= 11 is 0. The van der Waals surface area contributed by atoms with E-state index in [2.05, 4.69) is 0 Å². The number of aromatic hydroxyl groups is 1. The lowest BCUT2D eigenvalue weighted by atomic mass is 10.1. The number of hydrogen-bond donors (Lipinski definition) is 1. The van der Waals surface area contributed by atoms with Crippen LogP contribution in [0, 0.1) is 0 Å². The van der Waals surface area contributed by atoms with Gasteiger partial charge in [-0.1, -0.05) is 6.92 Å². The molecule has 3 aromatic rings. The van der Waals surface area contributed by atoms with Crippen molar-refractivity contribution >= 4 is 21.7 Å². The summed E-state index contributed by atoms with van der Waals surface area (Å²) in [6, 6.07) is 10.2. The van der Waals surface area contributed by atoms with Crippen molar-refractivity contribution in [2.45, 2.75) is 26.4 Å². The third-order valence-electron chi connectivity index (χ3n) is 3.58. The van der Waals surface area contributed by atoms with Crippen molar-refractivity contribution < 1.29 is 14.3 Å². The van der Waals surface area contributed by atoms with Crippen LogP contribution in [0.25, 0.3) is 21.7 Å². The van der Waals surface area contributed by atoms with Crippen molar-refractivity contribution in [3.63, 3.8) is 0 Å². The molecule has 1 atom stereocenters. The first-order chi connectivity index (χ1) is 10.1. The van der Waals surface area contributed by atoms with Crippen LogP contribution in [-0.2, 0) is 0 Å². The second-order valence-electron chi connectivity index (χ2n) is 5.11. The van der Waals surface area contributed by atoms with Gasteiger partial charge in [-0.2, -0.15) is 0 Å². The standard InChI is InChI=1S/C17H16O4/c1-3-10(2)20-12-5-7-13-14-6-4-11(18)8-16(14)21-17(19)15(13)9-12/h4-10,18H,3H2,1-2H3. The second-order valence-corrected chi connectivity index (χ2v) is 5.11. The first-order valence-corrected chi connectivity index (χ1v) is 6.94. The van der Waals surface area contributed by atoms with Crippen LogP contribution in [0.1, 0.15) is 20.3 Å². The van der Waals surface area contributed by atoms with Crippen molar-refractivity contribution in [1.29, 1.82) is 0 Å². The molecule has 0 saturated heterocycles. The first kappa shape index (κ1) is 13.5. The fourth-order valence-corrected chi connectivity index (χ4v) is 2.29. The van der Waals surface area contributed by atoms with E-state index in [4.69, 9.17) is 9.15 Å². The van der Waals surface area contributed by atoms with Crippen LogP contribution in [0.5, 0.6) is 11.5 Å². The molecule has 0 amide bonds. The molecule has 1 unspecified atom stereocenters. The molecule has 0 saturated carbocycles. The summed E-state index contributed by atoms with van der Waals surface area (Å²) in [7, 11) is 0. The van der Waals surface area contributed by atoms with E-state index in [9.17, 15) is 9.90 Å². The molecule has 0 radical (unpaired) electrons. The van der Waals surface area contributed by atoms with Gasteiger partial charge in [0.05, 0.1) is 11.5 Å². The first-order valence-electron chi connectivity index (χ1n) is 6.94. The normalized spacial score (nSPS) is 12.7. The molecule has 4 nitrogen and oxygen atoms in total. The molecule has 0 aliphatic rings. The van der Waals surface area contributed by atoms with Gasteiger partial charge in [0.25, 0.3) is 0 Å². The second kappa shape index (κ2) is 5.13. The molecule has 2 aromatic carbocycles. The van der Waals surface area contributed by atoms with Crippen LogP contribution in [-0.4, -0.2) is 11.2 Å². The van der Waals surface area contributed by atoms with Crippen molar-refractivity contribution in [3.8, 4) is 11.5 Å². The molecule has 108 valence electrons. The van der Waals surface area contributed by atoms with E-state index in [0.29, 0.717) is 16.7 Å². The Kier molecular flexibility index (Phi) is 3.29. The molecular weight excluding hydrogens is 268 g/mol. The van der Waals surface area contributed by atoms with Gasteiger partial charge in [-0.25, -0.2) is 4.79 Å². The maximum atomic E-state index is 12.1. The van der Waals surface area contributed by atoms with Crippen LogP contribution in [0.3, 0.4) is 0 Å². The molecule has 21 heavy (non-hydrogen) atoms. The lowest BCUT2D eigenvalue weighted by molar-refractivity contribution is 0.217. The third-order valence-corrected chi connectivity index (χ3v) is 3.58. The molecule has 4 heteroatoms. The number of fused-ring (bicyclic) bond motifs is 3. The average Bonchev–Trinajstić information content (AvgIpc) is 2.47. The molecule has 1 N–H and O–H groups in total. The van der Waals surface area contributed by atoms with Crippen LogP contribution in [0.4, 0.5) is 0 Å². The van der Waals surface area contributed by atoms with Gasteiger partial charge in [0.2, 0.25) is 0 Å². The summed E-state index contributed by atoms with van der Waals surface area (Å²) in [5.41, 5.74) is -0.0548. The highest BCUT2D eigenvalue weighted by atomic mass is 16.5. The number of phenols is 1. The molecule has 0 fully saturated rings. The zero-order chi connectivity index (χ0) is 15.0. The predicted molar refractivity (Wildman–Crippen MR) is 82.0 cm³/mol. The maximum absolute atomic E-state index is 12.1. The Labute approximate surface area is 121 Å². The summed E-state index contributed by atoms with van der Waals surface area (Å²) in [4.78, 5) is 12.1. The Hall–Kier alpha value is -2.49. The molecule has 0 aliphatic heterocycles. The summed E-state index contributed by atoms with van der Waals surface area (Å²) in [6.45, 7) is 4.02. The molecule has 0 bridgehead atoms. The Bertz CT molecular complexity index is 864. The molecule has 0 spiro atoms. The smallest absolute Gasteiger partial charge is 0.344 e. The van der Waals surface area contributed by atoms with Crippen molar-refractivity contribution in [3.05, 3.63) is 46.8 Å². The summed E-state index contributed by atoms with van der Waals surface area (Å²) < 4.78 is 11.0. The highest BCUT2D eigenvalue weighted by Gasteiger charge is 2.10. The van der Waals surface area contributed by atoms with E-state index in [1.165, 1.54) is 6.07 Å². The van der Waals surface area contributed by atoms with Gasteiger partial charge < -0.3 is 14.3 Å². The minimum Gasteiger partial charge on any atom is -0.508 e. The Morgan fingerprint density at radius 3 is 2.67 bits per heavy atom. The molecule has 1 aromatic heterocycles. The minimum atomic E-state index is -0.433. The van der Waals surface area contributed by atoms with E-state index in [1.807, 2.05) is 26.0 Å². The van der Waals surface area contributed by atoms with Gasteiger partial charge in [-0.05, 0) is 43.7 Å². The molecule has 3 rings (SSSR count). The van der Waals surface area contributed by atoms with Crippen LogP contribution < -0.4 is 10.4 Å². The summed E-state index contributed by atoms with van der Waals surface area (Å²) in [5, 5.41) is 11.5. The monoisotopic (exact) mass is 284 g/mol. The third kappa shape index (κ3) is 2.44. The maximum Gasteiger partial charge on any atom is 0.344 e. The van der Waals surface area contributed by atoms with Crippen LogP contribution in [0.15, 0.2) is 45.6 Å². The number of ether oxygens (including phenoxy) is 1. The van der Waals surface area contributed by atoms with Gasteiger partial charge in [0.15, 0.2) is 0 Å². The van der Waals surface area contributed by atoms with Crippen molar-refractivity contribution in [2.75, 3.05) is 0 Å². The van der Waals surface area contributed by atoms with Gasteiger partial charge in [0, 0.05) is 16.8 Å². The lowest BCUT2D eigenvalue weighted by Crippen LogP contribution is -2.10. The van der Waals surface area contributed by atoms with Gasteiger partial charge in [-0.3, -0.25) is 0 Å². The van der Waals surface area contributed by atoms with E-state index in [-0.39, 0.29) is 11.9 Å². The van der Waals surface area contributed by atoms with E-state index < -0.39 is 5.63 Å². The topological polar surface area (TPSA) is 59.7 Å². The summed E-state index contributed by atoms with van der Waals surface area (Å²) in [6.07, 6.45) is 0.982. The zero-order valence-corrected chi connectivity index (χ0v) is 11.9. The average molecular weight is 284 g/mol. The largest absolute Gasteiger partial charge is 0.508 e. The van der Waals surface area contributed by atoms with Crippen molar-refractivity contribution in [1.82, 2.24) is 0 Å². The van der Waals surface area contributed by atoms with E-state index in [1.54, 1.807) is 18.2 Å². The van der Waals surface area contributed by atoms with E-state index >= 15 is 0 Å². The Morgan fingerprint density at radius 2 is 1.90 bits per heavy atom. The number of phenolic OH excluding ortho intramolecular Hbond substituents is 1. The minimum absolute atomic E-state index is 0.0710. The highest BCUT2D eigenvalue weighted by molar-refractivity contribution is 6.04. The number of benzene rings is 2. The quantitative estimate of drug-likeness (QED) is 0.586. The number of rotatable bonds is 3. The van der Waals surface area contributed by atoms with Crippen molar-refractivity contribution in [2.24, 2.45) is 0 Å². The summed E-state index contributed by atoms with van der Waals surface area (Å²) in [5.74, 6) is 0.726. The Morgan fingerprint density at radius 1 is 1.14 bits per heavy atom. The molecule has 0 aliphatic carbocycles. The van der Waals surface area contributed by atoms with Gasteiger partial charge in [-0.15, -0.1) is 0 Å². The van der Waals surface area contributed by atoms with Crippen LogP contribution >= 0.6 is 0 Å². The lowest BCUT2D eigenvalue weighted by Gasteiger charge is -2.13. The van der Waals surface area contributed by atoms with Crippen LogP contribution in [0.2, 0.25) is 0 Å². The fourth-order valence-electron chi connectivity index (χ4n) is 2.29. The number of hydrogen-bond acceptors (Lipinski definition) is 4. The zero-order valence-electron chi connectivity index (χ0n) is 11.9. The fraction of sp³-hybridized carbons (Fsp3) is 0.235. The SMILES string of the molecule is CCC(C)Oc1ccc2c(c1)c(=O)oc1cc(O)ccc12. The van der Waals surface area contributed by atoms with Gasteiger partial charge in [0.1, 0.15) is 17.1 Å². The van der Waals surface area contributed by atoms with E-state index in [0.717, 1.165) is 17.2 Å². The molecule has 1 heterocycles. The predicted octanol–water partition coefficient (Wildman–Crippen LogP) is 3.83. The highest BCUT2D eigenvalue weighted by Crippen LogP contribution is 2.28. The van der Waals surface area contributed by atoms with Gasteiger partial charge >= 0.3 is 5.63 Å². The Balaban J connectivity index is 2.22. The molecular formula is C17H16O4.